The van der Waals surface area contributed by atoms with Gasteiger partial charge in [-0.25, -0.2) is 8.42 Å². The van der Waals surface area contributed by atoms with Gasteiger partial charge < -0.3 is 10.1 Å². The molecule has 6 nitrogen and oxygen atoms in total. The minimum atomic E-state index is -3.45. The maximum Gasteiger partial charge on any atom is 0.253 e. The van der Waals surface area contributed by atoms with Gasteiger partial charge in [0, 0.05) is 18.8 Å². The molecule has 1 atom stereocenters. The summed E-state index contributed by atoms with van der Waals surface area (Å²) >= 11 is 0. The van der Waals surface area contributed by atoms with Crippen molar-refractivity contribution in [1.82, 2.24) is 4.31 Å². The number of carbonyl (C=O) groups excluding carboxylic acids is 1. The highest BCUT2D eigenvalue weighted by molar-refractivity contribution is 7.89. The Morgan fingerprint density at radius 2 is 1.92 bits per heavy atom. The number of piperidine rings is 1. The van der Waals surface area contributed by atoms with Gasteiger partial charge in [0.05, 0.1) is 11.5 Å². The molecule has 0 saturated carbocycles. The minimum absolute atomic E-state index is 0.252. The molecular weight excluding hydrogens is 340 g/mol. The number of anilines is 1. The van der Waals surface area contributed by atoms with Gasteiger partial charge in [-0.05, 0) is 50.5 Å². The smallest absolute Gasteiger partial charge is 0.253 e. The molecule has 1 heterocycles. The van der Waals surface area contributed by atoms with Crippen LogP contribution in [0.5, 0.6) is 0 Å². The lowest BCUT2D eigenvalue weighted by Gasteiger charge is -2.25. The van der Waals surface area contributed by atoms with E-state index in [4.69, 9.17) is 4.74 Å². The lowest BCUT2D eigenvalue weighted by Crippen LogP contribution is -2.35. The van der Waals surface area contributed by atoms with Crippen LogP contribution < -0.4 is 5.32 Å². The summed E-state index contributed by atoms with van der Waals surface area (Å²) in [5, 5.41) is 2.73. The molecule has 0 aliphatic carbocycles. The third-order valence-electron chi connectivity index (χ3n) is 4.13. The SMILES string of the molecule is C=CCCOC(C)C(=O)Nc1ccc(S(=O)(=O)N2CCCCC2)cc1. The number of nitrogens with one attached hydrogen (secondary N) is 1. The van der Waals surface area contributed by atoms with Crippen LogP contribution in [0.3, 0.4) is 0 Å². The van der Waals surface area contributed by atoms with Crippen LogP contribution in [0.4, 0.5) is 5.69 Å². The first-order valence-electron chi connectivity index (χ1n) is 8.58. The number of benzene rings is 1. The molecule has 1 aliphatic heterocycles. The molecule has 1 N–H and O–H groups in total. The van der Waals surface area contributed by atoms with Crippen molar-refractivity contribution >= 4 is 21.6 Å². The maximum atomic E-state index is 12.6. The topological polar surface area (TPSA) is 75.7 Å². The average Bonchev–Trinajstić information content (AvgIpc) is 2.63. The number of hydrogen-bond acceptors (Lipinski definition) is 4. The molecule has 0 bridgehead atoms. The maximum absolute atomic E-state index is 12.6. The second-order valence-corrected chi connectivity index (χ2v) is 8.01. The Bertz CT molecular complexity index is 680. The largest absolute Gasteiger partial charge is 0.368 e. The van der Waals surface area contributed by atoms with Gasteiger partial charge in [-0.1, -0.05) is 12.5 Å². The summed E-state index contributed by atoms with van der Waals surface area (Å²) in [4.78, 5) is 12.3. The predicted molar refractivity (Wildman–Crippen MR) is 97.9 cm³/mol. The van der Waals surface area contributed by atoms with Crippen molar-refractivity contribution in [2.75, 3.05) is 25.0 Å². The van der Waals surface area contributed by atoms with Crippen molar-refractivity contribution in [1.29, 1.82) is 0 Å². The zero-order valence-corrected chi connectivity index (χ0v) is 15.4. The molecule has 1 aliphatic rings. The fourth-order valence-corrected chi connectivity index (χ4v) is 4.13. The highest BCUT2D eigenvalue weighted by atomic mass is 32.2. The van der Waals surface area contributed by atoms with Crippen LogP contribution >= 0.6 is 0 Å². The number of carbonyl (C=O) groups is 1. The van der Waals surface area contributed by atoms with Gasteiger partial charge in [-0.15, -0.1) is 6.58 Å². The zero-order valence-electron chi connectivity index (χ0n) is 14.6. The van der Waals surface area contributed by atoms with E-state index in [1.165, 1.54) is 16.4 Å². The van der Waals surface area contributed by atoms with E-state index in [2.05, 4.69) is 11.9 Å². The third kappa shape index (κ3) is 5.39. The minimum Gasteiger partial charge on any atom is -0.368 e. The van der Waals surface area contributed by atoms with Crippen LogP contribution in [0.2, 0.25) is 0 Å². The van der Waals surface area contributed by atoms with Crippen LogP contribution in [-0.4, -0.2) is 44.4 Å². The molecule has 2 rings (SSSR count). The molecule has 0 radical (unpaired) electrons. The Morgan fingerprint density at radius 1 is 1.28 bits per heavy atom. The van der Waals surface area contributed by atoms with Gasteiger partial charge in [0.15, 0.2) is 0 Å². The summed E-state index contributed by atoms with van der Waals surface area (Å²) in [6.45, 7) is 6.85. The first-order valence-corrected chi connectivity index (χ1v) is 10.0. The third-order valence-corrected chi connectivity index (χ3v) is 6.05. The second-order valence-electron chi connectivity index (χ2n) is 6.07. The Hall–Kier alpha value is -1.70. The molecule has 138 valence electrons. The molecule has 1 unspecified atom stereocenters. The number of amides is 1. The molecule has 0 aromatic heterocycles. The normalized spacial score (nSPS) is 17.0. The number of rotatable bonds is 8. The standard InChI is InChI=1S/C18H26N2O4S/c1-3-4-14-24-15(2)18(21)19-16-8-10-17(11-9-16)25(22,23)20-12-6-5-7-13-20/h3,8-11,15H,1,4-7,12-14H2,2H3,(H,19,21). The van der Waals surface area contributed by atoms with E-state index >= 15 is 0 Å². The second kappa shape index (κ2) is 9.12. The molecule has 1 aromatic rings. The van der Waals surface area contributed by atoms with Crippen LogP contribution in [0, 0.1) is 0 Å². The average molecular weight is 366 g/mol. The van der Waals surface area contributed by atoms with Gasteiger partial charge in [0.2, 0.25) is 10.0 Å². The summed E-state index contributed by atoms with van der Waals surface area (Å²) in [5.74, 6) is -0.268. The van der Waals surface area contributed by atoms with Gasteiger partial charge >= 0.3 is 0 Å². The van der Waals surface area contributed by atoms with E-state index in [9.17, 15) is 13.2 Å². The molecule has 0 spiro atoms. The number of ether oxygens (including phenoxy) is 1. The monoisotopic (exact) mass is 366 g/mol. The Balaban J connectivity index is 1.97. The first-order chi connectivity index (χ1) is 11.9. The highest BCUT2D eigenvalue weighted by Crippen LogP contribution is 2.22. The van der Waals surface area contributed by atoms with E-state index in [1.807, 2.05) is 0 Å². The molecule has 25 heavy (non-hydrogen) atoms. The van der Waals surface area contributed by atoms with Gasteiger partial charge in [0.25, 0.3) is 5.91 Å². The molecule has 1 amide bonds. The fraction of sp³-hybridized carbons (Fsp3) is 0.500. The molecular formula is C18H26N2O4S. The van der Waals surface area contributed by atoms with Crippen molar-refractivity contribution in [2.45, 2.75) is 43.6 Å². The molecule has 1 fully saturated rings. The van der Waals surface area contributed by atoms with E-state index in [0.29, 0.717) is 31.8 Å². The number of hydrogen-bond donors (Lipinski definition) is 1. The lowest BCUT2D eigenvalue weighted by atomic mass is 10.2. The van der Waals surface area contributed by atoms with E-state index in [1.54, 1.807) is 25.1 Å². The molecule has 7 heteroatoms. The first kappa shape index (κ1) is 19.6. The molecule has 1 saturated heterocycles. The summed E-state index contributed by atoms with van der Waals surface area (Å²) in [6, 6.07) is 6.27. The Morgan fingerprint density at radius 3 is 2.52 bits per heavy atom. The van der Waals surface area contributed by atoms with Crippen molar-refractivity contribution in [3.05, 3.63) is 36.9 Å². The fourth-order valence-electron chi connectivity index (χ4n) is 2.61. The van der Waals surface area contributed by atoms with Crippen molar-refractivity contribution in [3.63, 3.8) is 0 Å². The number of nitrogens with zero attached hydrogens (tertiary/aromatic N) is 1. The Labute approximate surface area is 149 Å². The van der Waals surface area contributed by atoms with Crippen LogP contribution in [0.25, 0.3) is 0 Å². The summed E-state index contributed by atoms with van der Waals surface area (Å²) in [6.07, 6.45) is 4.70. The van der Waals surface area contributed by atoms with Gasteiger partial charge in [0.1, 0.15) is 6.10 Å². The zero-order chi connectivity index (χ0) is 18.3. The molecule has 1 aromatic carbocycles. The van der Waals surface area contributed by atoms with Crippen molar-refractivity contribution < 1.29 is 17.9 Å². The summed E-state index contributed by atoms with van der Waals surface area (Å²) in [5.41, 5.74) is 0.543. The van der Waals surface area contributed by atoms with Crippen molar-refractivity contribution in [2.24, 2.45) is 0 Å². The van der Waals surface area contributed by atoms with E-state index < -0.39 is 16.1 Å². The van der Waals surface area contributed by atoms with Crippen LogP contribution in [0.15, 0.2) is 41.8 Å². The van der Waals surface area contributed by atoms with Crippen LogP contribution in [0.1, 0.15) is 32.6 Å². The van der Waals surface area contributed by atoms with Gasteiger partial charge in [-0.2, -0.15) is 4.31 Å². The van der Waals surface area contributed by atoms with Gasteiger partial charge in [-0.3, -0.25) is 4.79 Å². The summed E-state index contributed by atoms with van der Waals surface area (Å²) < 4.78 is 32.1. The predicted octanol–water partition coefficient (Wildman–Crippen LogP) is 2.78. The number of sulfonamides is 1. The highest BCUT2D eigenvalue weighted by Gasteiger charge is 2.25. The summed E-state index contributed by atoms with van der Waals surface area (Å²) in [7, 11) is -3.45. The van der Waals surface area contributed by atoms with E-state index in [0.717, 1.165) is 19.3 Å². The van der Waals surface area contributed by atoms with Crippen molar-refractivity contribution in [3.8, 4) is 0 Å². The Kier molecular flexibility index (Phi) is 7.16. The van der Waals surface area contributed by atoms with E-state index in [-0.39, 0.29) is 10.8 Å². The van der Waals surface area contributed by atoms with Crippen LogP contribution in [-0.2, 0) is 19.6 Å². The quantitative estimate of drug-likeness (QED) is 0.567. The lowest BCUT2D eigenvalue weighted by molar-refractivity contribution is -0.126.